The maximum absolute atomic E-state index is 10.9. The first-order valence-electron chi connectivity index (χ1n) is 5.88. The summed E-state index contributed by atoms with van der Waals surface area (Å²) in [5, 5.41) is 12.2. The van der Waals surface area contributed by atoms with Crippen molar-refractivity contribution in [1.82, 2.24) is 4.98 Å². The summed E-state index contributed by atoms with van der Waals surface area (Å²) in [5.41, 5.74) is -0.0194. The van der Waals surface area contributed by atoms with Crippen LogP contribution in [-0.4, -0.2) is 22.6 Å². The number of nitrogens with one attached hydrogen (secondary N) is 1. The van der Waals surface area contributed by atoms with E-state index in [0.29, 0.717) is 11.7 Å². The SMILES string of the molecule is CC(C)C(C)(C)CNc1ccc(Cl)c(C(=O)O)n1. The number of hydrogen-bond donors (Lipinski definition) is 2. The molecule has 18 heavy (non-hydrogen) atoms. The molecule has 1 heterocycles. The zero-order chi connectivity index (χ0) is 13.9. The number of hydrogen-bond acceptors (Lipinski definition) is 3. The number of carbonyl (C=O) groups is 1. The predicted octanol–water partition coefficient (Wildman–Crippen LogP) is 3.53. The molecule has 100 valence electrons. The summed E-state index contributed by atoms with van der Waals surface area (Å²) < 4.78 is 0. The van der Waals surface area contributed by atoms with Gasteiger partial charge in [-0.2, -0.15) is 0 Å². The Balaban J connectivity index is 2.81. The van der Waals surface area contributed by atoms with Crippen LogP contribution < -0.4 is 5.32 Å². The van der Waals surface area contributed by atoms with Crippen LogP contribution in [0.1, 0.15) is 38.2 Å². The molecule has 0 aliphatic rings. The summed E-state index contributed by atoms with van der Waals surface area (Å²) in [6, 6.07) is 3.23. The quantitative estimate of drug-likeness (QED) is 0.859. The molecule has 0 aliphatic carbocycles. The number of anilines is 1. The van der Waals surface area contributed by atoms with Crippen LogP contribution in [0.4, 0.5) is 5.82 Å². The minimum Gasteiger partial charge on any atom is -0.476 e. The second-order valence-corrected chi connectivity index (χ2v) is 5.74. The first kappa shape index (κ1) is 14.8. The van der Waals surface area contributed by atoms with Crippen molar-refractivity contribution in [3.63, 3.8) is 0 Å². The van der Waals surface area contributed by atoms with Gasteiger partial charge in [0.05, 0.1) is 5.02 Å². The van der Waals surface area contributed by atoms with Crippen molar-refractivity contribution in [1.29, 1.82) is 0 Å². The van der Waals surface area contributed by atoms with Gasteiger partial charge in [-0.15, -0.1) is 0 Å². The summed E-state index contributed by atoms with van der Waals surface area (Å²) >= 11 is 5.76. The third kappa shape index (κ3) is 3.60. The first-order valence-corrected chi connectivity index (χ1v) is 6.25. The van der Waals surface area contributed by atoms with Crippen LogP contribution in [0.5, 0.6) is 0 Å². The first-order chi connectivity index (χ1) is 8.24. The van der Waals surface area contributed by atoms with E-state index < -0.39 is 5.97 Å². The zero-order valence-corrected chi connectivity index (χ0v) is 11.9. The van der Waals surface area contributed by atoms with Crippen molar-refractivity contribution in [3.8, 4) is 0 Å². The van der Waals surface area contributed by atoms with Crippen LogP contribution >= 0.6 is 11.6 Å². The number of aromatic nitrogens is 1. The van der Waals surface area contributed by atoms with Crippen molar-refractivity contribution >= 4 is 23.4 Å². The molecule has 0 bridgehead atoms. The maximum atomic E-state index is 10.9. The van der Waals surface area contributed by atoms with E-state index in [0.717, 1.165) is 6.54 Å². The fourth-order valence-electron chi connectivity index (χ4n) is 1.21. The fraction of sp³-hybridized carbons (Fsp3) is 0.538. The van der Waals surface area contributed by atoms with Crippen molar-refractivity contribution in [2.24, 2.45) is 11.3 Å². The highest BCUT2D eigenvalue weighted by Gasteiger charge is 2.22. The number of carboxylic acids is 1. The third-order valence-electron chi connectivity index (χ3n) is 3.34. The van der Waals surface area contributed by atoms with Crippen LogP contribution in [0.25, 0.3) is 0 Å². The van der Waals surface area contributed by atoms with E-state index in [1.807, 2.05) is 0 Å². The molecule has 1 aromatic heterocycles. The van der Waals surface area contributed by atoms with E-state index in [1.165, 1.54) is 0 Å². The van der Waals surface area contributed by atoms with Crippen LogP contribution in [0.15, 0.2) is 12.1 Å². The lowest BCUT2D eigenvalue weighted by Gasteiger charge is -2.29. The maximum Gasteiger partial charge on any atom is 0.356 e. The summed E-state index contributed by atoms with van der Waals surface area (Å²) in [6.45, 7) is 9.33. The van der Waals surface area contributed by atoms with Crippen molar-refractivity contribution in [2.75, 3.05) is 11.9 Å². The molecule has 0 saturated carbocycles. The molecule has 0 saturated heterocycles. The van der Waals surface area contributed by atoms with Gasteiger partial charge in [0.1, 0.15) is 5.82 Å². The smallest absolute Gasteiger partial charge is 0.356 e. The zero-order valence-electron chi connectivity index (χ0n) is 11.1. The Hall–Kier alpha value is -1.29. The van der Waals surface area contributed by atoms with E-state index in [-0.39, 0.29) is 16.1 Å². The highest BCUT2D eigenvalue weighted by atomic mass is 35.5. The number of carboxylic acid groups (broad SMARTS) is 1. The minimum absolute atomic E-state index is 0.102. The molecule has 4 nitrogen and oxygen atoms in total. The molecule has 0 spiro atoms. The van der Waals surface area contributed by atoms with Gasteiger partial charge in [-0.3, -0.25) is 0 Å². The standard InChI is InChI=1S/C13H19ClN2O2/c1-8(2)13(3,4)7-15-10-6-5-9(14)11(16-10)12(17)18/h5-6,8H,7H2,1-4H3,(H,15,16)(H,17,18). The molecule has 0 fully saturated rings. The molecule has 0 aliphatic heterocycles. The van der Waals surface area contributed by atoms with Crippen LogP contribution in [0.3, 0.4) is 0 Å². The summed E-state index contributed by atoms with van der Waals surface area (Å²) in [7, 11) is 0. The van der Waals surface area contributed by atoms with Crippen molar-refractivity contribution in [2.45, 2.75) is 27.7 Å². The number of aromatic carboxylic acids is 1. The Kier molecular flexibility index (Phi) is 4.57. The van der Waals surface area contributed by atoms with E-state index in [4.69, 9.17) is 16.7 Å². The van der Waals surface area contributed by atoms with E-state index >= 15 is 0 Å². The largest absolute Gasteiger partial charge is 0.476 e. The van der Waals surface area contributed by atoms with Crippen LogP contribution in [-0.2, 0) is 0 Å². The van der Waals surface area contributed by atoms with Crippen molar-refractivity contribution in [3.05, 3.63) is 22.8 Å². The minimum atomic E-state index is -1.12. The molecular formula is C13H19ClN2O2. The molecule has 0 radical (unpaired) electrons. The Labute approximate surface area is 112 Å². The second-order valence-electron chi connectivity index (χ2n) is 5.33. The molecule has 0 unspecified atom stereocenters. The monoisotopic (exact) mass is 270 g/mol. The van der Waals surface area contributed by atoms with Crippen molar-refractivity contribution < 1.29 is 9.90 Å². The molecule has 2 N–H and O–H groups in total. The van der Waals surface area contributed by atoms with Gasteiger partial charge in [-0.25, -0.2) is 9.78 Å². The highest BCUT2D eigenvalue weighted by molar-refractivity contribution is 6.33. The van der Waals surface area contributed by atoms with Gasteiger partial charge < -0.3 is 10.4 Å². The van der Waals surface area contributed by atoms with E-state index in [2.05, 4.69) is 38.0 Å². The highest BCUT2D eigenvalue weighted by Crippen LogP contribution is 2.26. The van der Waals surface area contributed by atoms with Gasteiger partial charge in [0.25, 0.3) is 0 Å². The molecule has 0 amide bonds. The van der Waals surface area contributed by atoms with E-state index in [1.54, 1.807) is 12.1 Å². The lowest BCUT2D eigenvalue weighted by Crippen LogP contribution is -2.28. The summed E-state index contributed by atoms with van der Waals surface area (Å²) in [6.07, 6.45) is 0. The number of rotatable bonds is 5. The summed E-state index contributed by atoms with van der Waals surface area (Å²) in [5.74, 6) is -0.0754. The van der Waals surface area contributed by atoms with Gasteiger partial charge in [0.15, 0.2) is 5.69 Å². The molecule has 0 aromatic carbocycles. The number of halogens is 1. The average molecular weight is 271 g/mol. The van der Waals surface area contributed by atoms with Gasteiger partial charge in [-0.1, -0.05) is 39.3 Å². The van der Waals surface area contributed by atoms with Gasteiger partial charge in [0.2, 0.25) is 0 Å². The second kappa shape index (κ2) is 5.57. The predicted molar refractivity (Wildman–Crippen MR) is 73.3 cm³/mol. The normalized spacial score (nSPS) is 11.7. The molecular weight excluding hydrogens is 252 g/mol. The average Bonchev–Trinajstić information content (AvgIpc) is 2.27. The Bertz CT molecular complexity index is 445. The van der Waals surface area contributed by atoms with Gasteiger partial charge in [0, 0.05) is 6.54 Å². The van der Waals surface area contributed by atoms with Crippen LogP contribution in [0.2, 0.25) is 5.02 Å². The number of pyridine rings is 1. The molecule has 1 rings (SSSR count). The molecule has 1 aromatic rings. The Morgan fingerprint density at radius 1 is 1.50 bits per heavy atom. The lowest BCUT2D eigenvalue weighted by atomic mass is 9.81. The number of nitrogens with zero attached hydrogens (tertiary/aromatic N) is 1. The van der Waals surface area contributed by atoms with Gasteiger partial charge >= 0.3 is 5.97 Å². The van der Waals surface area contributed by atoms with E-state index in [9.17, 15) is 4.79 Å². The molecule has 0 atom stereocenters. The third-order valence-corrected chi connectivity index (χ3v) is 3.64. The Morgan fingerprint density at radius 2 is 2.11 bits per heavy atom. The summed E-state index contributed by atoms with van der Waals surface area (Å²) in [4.78, 5) is 14.9. The van der Waals surface area contributed by atoms with Gasteiger partial charge in [-0.05, 0) is 23.5 Å². The lowest BCUT2D eigenvalue weighted by molar-refractivity contribution is 0.0691. The molecule has 5 heteroatoms. The topological polar surface area (TPSA) is 62.2 Å². The Morgan fingerprint density at radius 3 is 2.61 bits per heavy atom. The van der Waals surface area contributed by atoms with Crippen LogP contribution in [0, 0.1) is 11.3 Å². The fourth-order valence-corrected chi connectivity index (χ4v) is 1.40.